The van der Waals surface area contributed by atoms with Gasteiger partial charge in [0.15, 0.2) is 14.1 Å². The molecule has 0 spiro atoms. The van der Waals surface area contributed by atoms with Gasteiger partial charge < -0.3 is 23.7 Å². The van der Waals surface area contributed by atoms with Gasteiger partial charge in [-0.05, 0) is 34.1 Å². The molecule has 0 saturated heterocycles. The summed E-state index contributed by atoms with van der Waals surface area (Å²) >= 11 is 0. The topological polar surface area (TPSA) is 74.6 Å². The minimum Gasteiger partial charge on any atom is -0.461 e. The third-order valence-corrected chi connectivity index (χ3v) is 5.33. The van der Waals surface area contributed by atoms with Crippen LogP contribution in [-0.4, -0.2) is 47.5 Å². The average Bonchev–Trinajstić information content (AvgIpc) is 2.92. The molecule has 0 radical (unpaired) electrons. The van der Waals surface area contributed by atoms with Crippen LogP contribution in [0.3, 0.4) is 0 Å². The fourth-order valence-electron chi connectivity index (χ4n) is 2.65. The van der Waals surface area contributed by atoms with E-state index < -0.39 is 8.38 Å². The minimum atomic E-state index is -0.933. The Morgan fingerprint density at radius 2 is 2.04 bits per heavy atom. The summed E-state index contributed by atoms with van der Waals surface area (Å²) < 4.78 is 18.5. The summed E-state index contributed by atoms with van der Waals surface area (Å²) in [5.74, 6) is 0.319. The van der Waals surface area contributed by atoms with Crippen LogP contribution in [0.1, 0.15) is 50.6 Å². The normalized spacial score (nSPS) is 20.2. The second kappa shape index (κ2) is 8.62. The van der Waals surface area contributed by atoms with Crippen molar-refractivity contribution >= 4 is 20.3 Å². The number of carbonyl (C=O) groups excluding carboxylic acids is 1. The van der Waals surface area contributed by atoms with E-state index in [9.17, 15) is 4.79 Å². The molecule has 1 aliphatic rings. The highest BCUT2D eigenvalue weighted by Gasteiger charge is 2.30. The lowest BCUT2D eigenvalue weighted by molar-refractivity contribution is 0.0520. The molecule has 0 aliphatic carbocycles. The maximum atomic E-state index is 11.9. The first-order valence-electron chi connectivity index (χ1n) is 8.14. The second-order valence-corrected chi connectivity index (χ2v) is 6.91. The molecule has 0 saturated carbocycles. The Kier molecular flexibility index (Phi) is 6.81. The lowest BCUT2D eigenvalue weighted by Gasteiger charge is -2.32. The van der Waals surface area contributed by atoms with Crippen molar-refractivity contribution in [1.82, 2.24) is 9.55 Å². The summed E-state index contributed by atoms with van der Waals surface area (Å²) in [6, 6.07) is 0.478. The van der Waals surface area contributed by atoms with Crippen molar-refractivity contribution in [2.75, 3.05) is 31.3 Å². The van der Waals surface area contributed by atoms with Crippen LogP contribution in [0.4, 0.5) is 5.95 Å². The predicted molar refractivity (Wildman–Crippen MR) is 90.0 cm³/mol. The van der Waals surface area contributed by atoms with Gasteiger partial charge in [-0.1, -0.05) is 0 Å². The average molecular weight is 343 g/mol. The van der Waals surface area contributed by atoms with Gasteiger partial charge in [0.05, 0.1) is 19.8 Å². The van der Waals surface area contributed by atoms with E-state index in [1.807, 2.05) is 18.4 Å². The molecule has 1 N–H and O–H groups in total. The van der Waals surface area contributed by atoms with Gasteiger partial charge in [0.25, 0.3) is 0 Å². The molecule has 2 rings (SSSR count). The third-order valence-electron chi connectivity index (χ3n) is 3.52. The number of nitrogens with zero attached hydrogens (tertiary/aromatic N) is 2. The summed E-state index contributed by atoms with van der Waals surface area (Å²) in [6.07, 6.45) is 3.49. The molecule has 130 valence electrons. The van der Waals surface area contributed by atoms with Gasteiger partial charge in [-0.3, -0.25) is 0 Å². The van der Waals surface area contributed by atoms with Crippen molar-refractivity contribution in [3.63, 3.8) is 0 Å². The zero-order valence-electron chi connectivity index (χ0n) is 14.2. The third kappa shape index (κ3) is 4.66. The number of imidazole rings is 1. The van der Waals surface area contributed by atoms with Crippen molar-refractivity contribution in [3.8, 4) is 0 Å². The number of esters is 1. The van der Waals surface area contributed by atoms with Crippen molar-refractivity contribution in [2.45, 2.75) is 46.2 Å². The zero-order valence-corrected chi connectivity index (χ0v) is 15.1. The second-order valence-electron chi connectivity index (χ2n) is 5.36. The summed E-state index contributed by atoms with van der Waals surface area (Å²) in [5.41, 5.74) is 0.339. The molecule has 7 nitrogen and oxygen atoms in total. The Hall–Kier alpha value is -1.17. The number of ether oxygens (including phenoxy) is 1. The van der Waals surface area contributed by atoms with E-state index in [4.69, 9.17) is 13.8 Å². The molecular weight excluding hydrogens is 317 g/mol. The van der Waals surface area contributed by atoms with E-state index in [2.05, 4.69) is 17.2 Å². The molecule has 0 aromatic carbocycles. The van der Waals surface area contributed by atoms with E-state index in [-0.39, 0.29) is 18.1 Å². The Bertz CT molecular complexity index is 517. The number of aromatic nitrogens is 2. The van der Waals surface area contributed by atoms with Gasteiger partial charge in [0.2, 0.25) is 5.95 Å². The highest BCUT2D eigenvalue weighted by molar-refractivity contribution is 7.47. The van der Waals surface area contributed by atoms with Crippen LogP contribution in [0, 0.1) is 0 Å². The van der Waals surface area contributed by atoms with Gasteiger partial charge in [0, 0.05) is 24.4 Å². The summed E-state index contributed by atoms with van der Waals surface area (Å²) in [4.78, 5) is 16.3. The summed E-state index contributed by atoms with van der Waals surface area (Å²) in [6.45, 7) is 9.46. The monoisotopic (exact) mass is 343 g/mol. The molecule has 1 aromatic rings. The van der Waals surface area contributed by atoms with Gasteiger partial charge in [0.1, 0.15) is 0 Å². The number of anilines is 1. The lowest BCUT2D eigenvalue weighted by atomic mass is 10.1. The van der Waals surface area contributed by atoms with Gasteiger partial charge in [-0.2, -0.15) is 0 Å². The van der Waals surface area contributed by atoms with Crippen LogP contribution in [0.2, 0.25) is 0 Å². The maximum absolute atomic E-state index is 11.9. The molecule has 0 fully saturated rings. The molecule has 1 aromatic heterocycles. The summed E-state index contributed by atoms with van der Waals surface area (Å²) in [7, 11) is -0.933. The van der Waals surface area contributed by atoms with Crippen LogP contribution in [-0.2, 0) is 13.8 Å². The van der Waals surface area contributed by atoms with Gasteiger partial charge in [-0.15, -0.1) is 0 Å². The first-order chi connectivity index (χ1) is 11.1. The van der Waals surface area contributed by atoms with E-state index in [1.54, 1.807) is 13.1 Å². The van der Waals surface area contributed by atoms with Gasteiger partial charge >= 0.3 is 5.97 Å². The molecule has 23 heavy (non-hydrogen) atoms. The lowest BCUT2D eigenvalue weighted by Crippen LogP contribution is -2.31. The number of nitrogens with one attached hydrogen (secondary N) is 1. The largest absolute Gasteiger partial charge is 0.461 e. The van der Waals surface area contributed by atoms with E-state index in [0.717, 1.165) is 12.6 Å². The Labute approximate surface area is 138 Å². The number of rotatable bonds is 8. The van der Waals surface area contributed by atoms with Crippen LogP contribution >= 0.6 is 8.38 Å². The molecule has 2 atom stereocenters. The SMILES string of the molecule is CCOC(=O)c1cn2c(n1)NC(C)CC2CP(OCC)OCC. The van der Waals surface area contributed by atoms with Crippen LogP contribution in [0.15, 0.2) is 6.20 Å². The summed E-state index contributed by atoms with van der Waals surface area (Å²) in [5, 5.41) is 3.31. The van der Waals surface area contributed by atoms with Crippen LogP contribution in [0.5, 0.6) is 0 Å². The van der Waals surface area contributed by atoms with E-state index in [1.165, 1.54) is 0 Å². The fraction of sp³-hybridized carbons (Fsp3) is 0.733. The van der Waals surface area contributed by atoms with Crippen molar-refractivity contribution in [2.24, 2.45) is 0 Å². The quantitative estimate of drug-likeness (QED) is 0.577. The number of fused-ring (bicyclic) bond motifs is 1. The van der Waals surface area contributed by atoms with Gasteiger partial charge in [-0.25, -0.2) is 9.78 Å². The standard InChI is InChI=1S/C15H26N3O4P/c1-5-20-14(19)13-9-18-12(8-11(4)16-15(18)17-13)10-23(21-6-2)22-7-3/h9,11-12H,5-8,10H2,1-4H3,(H,16,17). The van der Waals surface area contributed by atoms with Crippen molar-refractivity contribution in [3.05, 3.63) is 11.9 Å². The van der Waals surface area contributed by atoms with Crippen molar-refractivity contribution in [1.29, 1.82) is 0 Å². The minimum absolute atomic E-state index is 0.195. The smallest absolute Gasteiger partial charge is 0.358 e. The van der Waals surface area contributed by atoms with E-state index >= 15 is 0 Å². The highest BCUT2D eigenvalue weighted by Crippen LogP contribution is 2.44. The Balaban J connectivity index is 2.17. The molecule has 2 unspecified atom stereocenters. The molecule has 0 bridgehead atoms. The number of hydrogen-bond acceptors (Lipinski definition) is 6. The fourth-order valence-corrected chi connectivity index (χ4v) is 4.18. The molecule has 1 aliphatic heterocycles. The van der Waals surface area contributed by atoms with Crippen molar-refractivity contribution < 1.29 is 18.6 Å². The van der Waals surface area contributed by atoms with E-state index in [0.29, 0.717) is 31.5 Å². The highest BCUT2D eigenvalue weighted by atomic mass is 31.2. The number of carbonyl (C=O) groups is 1. The Morgan fingerprint density at radius 1 is 1.35 bits per heavy atom. The first-order valence-corrected chi connectivity index (χ1v) is 9.51. The number of hydrogen-bond donors (Lipinski definition) is 1. The Morgan fingerprint density at radius 3 is 2.65 bits per heavy atom. The molecule has 0 amide bonds. The molecule has 8 heteroatoms. The maximum Gasteiger partial charge on any atom is 0.358 e. The molecular formula is C15H26N3O4P. The van der Waals surface area contributed by atoms with Crippen LogP contribution in [0.25, 0.3) is 0 Å². The molecule has 2 heterocycles. The van der Waals surface area contributed by atoms with Crippen LogP contribution < -0.4 is 5.32 Å². The predicted octanol–water partition coefficient (Wildman–Crippen LogP) is 3.19. The zero-order chi connectivity index (χ0) is 16.8. The first kappa shape index (κ1) is 18.2.